The predicted molar refractivity (Wildman–Crippen MR) is 110 cm³/mol. The molecule has 3 N–H and O–H groups in total. The van der Waals surface area contributed by atoms with E-state index in [0.717, 1.165) is 0 Å². The number of rotatable bonds is 6. The molecule has 0 atom stereocenters. The highest BCUT2D eigenvalue weighted by molar-refractivity contribution is 7.80. The van der Waals surface area contributed by atoms with E-state index < -0.39 is 0 Å². The van der Waals surface area contributed by atoms with E-state index in [1.807, 2.05) is 20.8 Å². The Morgan fingerprint density at radius 3 is 2.52 bits per heavy atom. The third-order valence-corrected chi connectivity index (χ3v) is 3.68. The molecule has 0 saturated heterocycles. The van der Waals surface area contributed by atoms with Crippen LogP contribution in [0, 0.1) is 0 Å². The number of benzene rings is 2. The number of carbonyl (C=O) groups excluding carboxylic acids is 2. The van der Waals surface area contributed by atoms with Crippen molar-refractivity contribution >= 4 is 34.8 Å². The van der Waals surface area contributed by atoms with Gasteiger partial charge in [-0.15, -0.1) is 0 Å². The average molecular weight is 385 g/mol. The Morgan fingerprint density at radius 1 is 1.07 bits per heavy atom. The number of ether oxygens (including phenoxy) is 1. The van der Waals surface area contributed by atoms with Crippen LogP contribution in [-0.2, 0) is 0 Å². The summed E-state index contributed by atoms with van der Waals surface area (Å²) >= 11 is 5.22. The minimum absolute atomic E-state index is 0.00910. The molecule has 0 heterocycles. The van der Waals surface area contributed by atoms with Gasteiger partial charge >= 0.3 is 0 Å². The average Bonchev–Trinajstić information content (AvgIpc) is 2.62. The number of para-hydroxylation sites is 1. The second kappa shape index (κ2) is 9.68. The van der Waals surface area contributed by atoms with Gasteiger partial charge in [0.05, 0.1) is 17.9 Å². The van der Waals surface area contributed by atoms with E-state index in [2.05, 4.69) is 16.0 Å². The molecule has 2 rings (SSSR count). The summed E-state index contributed by atoms with van der Waals surface area (Å²) in [4.78, 5) is 24.7. The number of carbonyl (C=O) groups is 2. The minimum atomic E-state index is -0.363. The summed E-state index contributed by atoms with van der Waals surface area (Å²) in [5.41, 5.74) is 1.39. The summed E-state index contributed by atoms with van der Waals surface area (Å²) < 4.78 is 5.40. The zero-order chi connectivity index (χ0) is 19.8. The van der Waals surface area contributed by atoms with E-state index in [1.165, 1.54) is 0 Å². The first-order valence-electron chi connectivity index (χ1n) is 8.65. The van der Waals surface area contributed by atoms with E-state index in [9.17, 15) is 9.59 Å². The maximum absolute atomic E-state index is 12.4. The molecule has 7 heteroatoms. The molecule has 2 amide bonds. The molecule has 6 nitrogen and oxygen atoms in total. The number of hydrogen-bond donors (Lipinski definition) is 3. The zero-order valence-electron chi connectivity index (χ0n) is 15.5. The van der Waals surface area contributed by atoms with Gasteiger partial charge in [-0.3, -0.25) is 14.9 Å². The van der Waals surface area contributed by atoms with Crippen molar-refractivity contribution in [3.63, 3.8) is 0 Å². The van der Waals surface area contributed by atoms with Crippen LogP contribution in [0.4, 0.5) is 5.69 Å². The third kappa shape index (κ3) is 6.07. The maximum Gasteiger partial charge on any atom is 0.257 e. The summed E-state index contributed by atoms with van der Waals surface area (Å²) in [5.74, 6) is 0.0320. The van der Waals surface area contributed by atoms with Gasteiger partial charge in [0.15, 0.2) is 5.11 Å². The quantitative estimate of drug-likeness (QED) is 0.665. The Labute approximate surface area is 164 Å². The van der Waals surface area contributed by atoms with Gasteiger partial charge in [-0.05, 0) is 63.3 Å². The van der Waals surface area contributed by atoms with E-state index in [-0.39, 0.29) is 23.0 Å². The number of anilines is 1. The predicted octanol–water partition coefficient (Wildman–Crippen LogP) is 3.35. The lowest BCUT2D eigenvalue weighted by molar-refractivity contribution is 0.0942. The lowest BCUT2D eigenvalue weighted by Crippen LogP contribution is -2.35. The van der Waals surface area contributed by atoms with Gasteiger partial charge in [0.1, 0.15) is 5.75 Å². The zero-order valence-corrected chi connectivity index (χ0v) is 16.4. The second-order valence-corrected chi connectivity index (χ2v) is 6.45. The van der Waals surface area contributed by atoms with Crippen molar-refractivity contribution in [1.29, 1.82) is 0 Å². The number of hydrogen-bond acceptors (Lipinski definition) is 4. The number of nitrogens with one attached hydrogen (secondary N) is 3. The molecule has 0 fully saturated rings. The van der Waals surface area contributed by atoms with Crippen LogP contribution in [0.5, 0.6) is 5.75 Å². The van der Waals surface area contributed by atoms with Crippen LogP contribution >= 0.6 is 12.2 Å². The normalized spacial score (nSPS) is 10.2. The van der Waals surface area contributed by atoms with Crippen LogP contribution in [0.2, 0.25) is 0 Å². The topological polar surface area (TPSA) is 79.5 Å². The van der Waals surface area contributed by atoms with Crippen LogP contribution < -0.4 is 20.7 Å². The number of thiocarbonyl (C=S) groups is 1. The van der Waals surface area contributed by atoms with Gasteiger partial charge in [0.2, 0.25) is 0 Å². The van der Waals surface area contributed by atoms with E-state index >= 15 is 0 Å². The lowest BCUT2D eigenvalue weighted by atomic mass is 10.1. The van der Waals surface area contributed by atoms with Gasteiger partial charge in [0, 0.05) is 11.6 Å². The van der Waals surface area contributed by atoms with Crippen LogP contribution in [0.25, 0.3) is 0 Å². The van der Waals surface area contributed by atoms with E-state index in [0.29, 0.717) is 29.2 Å². The molecule has 2 aromatic carbocycles. The van der Waals surface area contributed by atoms with Gasteiger partial charge in [-0.1, -0.05) is 18.2 Å². The molecule has 142 valence electrons. The van der Waals surface area contributed by atoms with Crippen LogP contribution in [0.15, 0.2) is 48.5 Å². The Balaban J connectivity index is 2.07. The molecule has 0 unspecified atom stereocenters. The molecule has 27 heavy (non-hydrogen) atoms. The second-order valence-electron chi connectivity index (χ2n) is 6.04. The number of amides is 2. The first kappa shape index (κ1) is 20.4. The summed E-state index contributed by atoms with van der Waals surface area (Å²) in [6.45, 7) is 6.16. The molecule has 2 aromatic rings. The molecule has 0 aliphatic carbocycles. The summed E-state index contributed by atoms with van der Waals surface area (Å²) in [5, 5.41) is 8.46. The van der Waals surface area contributed by atoms with Crippen molar-refractivity contribution in [3.8, 4) is 5.75 Å². The smallest absolute Gasteiger partial charge is 0.257 e. The molecule has 0 radical (unpaired) electrons. The highest BCUT2D eigenvalue weighted by atomic mass is 32.1. The van der Waals surface area contributed by atoms with E-state index in [4.69, 9.17) is 17.0 Å². The molecule has 0 aromatic heterocycles. The van der Waals surface area contributed by atoms with Crippen LogP contribution in [0.3, 0.4) is 0 Å². The third-order valence-electron chi connectivity index (χ3n) is 3.47. The van der Waals surface area contributed by atoms with Crippen LogP contribution in [-0.4, -0.2) is 29.6 Å². The Kier molecular flexibility index (Phi) is 7.31. The maximum atomic E-state index is 12.4. The molecular formula is C20H23N3O3S. The minimum Gasteiger partial charge on any atom is -0.494 e. The largest absolute Gasteiger partial charge is 0.494 e. The monoisotopic (exact) mass is 385 g/mol. The summed E-state index contributed by atoms with van der Waals surface area (Å²) in [7, 11) is 0. The summed E-state index contributed by atoms with van der Waals surface area (Å²) in [6.07, 6.45) is 0. The highest BCUT2D eigenvalue weighted by Crippen LogP contribution is 2.16. The SMILES string of the molecule is CCOc1cccc(C(=O)NC(=S)Nc2ccccc2C(=O)NC(C)C)c1. The fourth-order valence-corrected chi connectivity index (χ4v) is 2.56. The van der Waals surface area contributed by atoms with Gasteiger partial charge in [-0.2, -0.15) is 0 Å². The Morgan fingerprint density at radius 2 is 1.81 bits per heavy atom. The van der Waals surface area contributed by atoms with Gasteiger partial charge in [0.25, 0.3) is 11.8 Å². The first-order chi connectivity index (χ1) is 12.9. The van der Waals surface area contributed by atoms with Crippen molar-refractivity contribution < 1.29 is 14.3 Å². The fourth-order valence-electron chi connectivity index (χ4n) is 2.35. The Bertz CT molecular complexity index is 837. The Hall–Kier alpha value is -2.93. The molecule has 0 bridgehead atoms. The van der Waals surface area contributed by atoms with Crippen molar-refractivity contribution in [1.82, 2.24) is 10.6 Å². The van der Waals surface area contributed by atoms with Crippen LogP contribution in [0.1, 0.15) is 41.5 Å². The highest BCUT2D eigenvalue weighted by Gasteiger charge is 2.14. The summed E-state index contributed by atoms with van der Waals surface area (Å²) in [6, 6.07) is 13.8. The standard InChI is InChI=1S/C20H23N3O3S/c1-4-26-15-9-7-8-14(12-15)18(24)23-20(27)22-17-11-6-5-10-16(17)19(25)21-13(2)3/h5-13H,4H2,1-3H3,(H,21,25)(H2,22,23,24,27). The van der Waals surface area contributed by atoms with Gasteiger partial charge < -0.3 is 15.4 Å². The van der Waals surface area contributed by atoms with Crippen molar-refractivity contribution in [2.75, 3.05) is 11.9 Å². The van der Waals surface area contributed by atoms with Crippen molar-refractivity contribution in [2.45, 2.75) is 26.8 Å². The van der Waals surface area contributed by atoms with Crippen molar-refractivity contribution in [3.05, 3.63) is 59.7 Å². The van der Waals surface area contributed by atoms with Gasteiger partial charge in [-0.25, -0.2) is 0 Å². The molecule has 0 saturated carbocycles. The molecule has 0 aliphatic rings. The first-order valence-corrected chi connectivity index (χ1v) is 9.06. The lowest BCUT2D eigenvalue weighted by Gasteiger charge is -2.15. The molecular weight excluding hydrogens is 362 g/mol. The molecule has 0 spiro atoms. The van der Waals surface area contributed by atoms with E-state index in [1.54, 1.807) is 48.5 Å². The fraction of sp³-hybridized carbons (Fsp3) is 0.250. The van der Waals surface area contributed by atoms with Crippen molar-refractivity contribution in [2.24, 2.45) is 0 Å². The molecule has 0 aliphatic heterocycles.